The highest BCUT2D eigenvalue weighted by atomic mass is 16.5. The molecule has 0 atom stereocenters. The van der Waals surface area contributed by atoms with Crippen molar-refractivity contribution in [3.05, 3.63) is 11.6 Å². The molecule has 0 saturated carbocycles. The van der Waals surface area contributed by atoms with Crippen LogP contribution in [0.15, 0.2) is 11.6 Å². The number of allylic oxidation sites excluding steroid dienone is 1. The van der Waals surface area contributed by atoms with E-state index in [0.29, 0.717) is 0 Å². The standard InChI is InChI=1S/C11H21NO2/c1-5-7-10(11(13)14-4)8-6-9-12(2)3/h7H,5-6,8-9H2,1-4H3/b10-7+. The summed E-state index contributed by atoms with van der Waals surface area (Å²) in [4.78, 5) is 13.4. The van der Waals surface area contributed by atoms with Gasteiger partial charge < -0.3 is 9.64 Å². The Morgan fingerprint density at radius 3 is 2.50 bits per heavy atom. The summed E-state index contributed by atoms with van der Waals surface area (Å²) in [7, 11) is 5.49. The number of methoxy groups -OCH3 is 1. The third-order valence-corrected chi connectivity index (χ3v) is 1.95. The maximum atomic E-state index is 11.3. The predicted molar refractivity (Wildman–Crippen MR) is 58.2 cm³/mol. The average molecular weight is 199 g/mol. The van der Waals surface area contributed by atoms with Gasteiger partial charge in [-0.2, -0.15) is 0 Å². The van der Waals surface area contributed by atoms with E-state index in [-0.39, 0.29) is 5.97 Å². The fourth-order valence-electron chi connectivity index (χ4n) is 1.25. The lowest BCUT2D eigenvalue weighted by Crippen LogP contribution is -2.14. The molecule has 0 fully saturated rings. The first kappa shape index (κ1) is 13.2. The van der Waals surface area contributed by atoms with Crippen LogP contribution in [0.5, 0.6) is 0 Å². The Morgan fingerprint density at radius 1 is 1.43 bits per heavy atom. The summed E-state index contributed by atoms with van der Waals surface area (Å²) in [5, 5.41) is 0. The molecule has 0 aromatic carbocycles. The van der Waals surface area contributed by atoms with Crippen molar-refractivity contribution in [3.8, 4) is 0 Å². The first-order valence-corrected chi connectivity index (χ1v) is 5.03. The molecule has 0 heterocycles. The molecule has 0 aliphatic rings. The summed E-state index contributed by atoms with van der Waals surface area (Å²) >= 11 is 0. The van der Waals surface area contributed by atoms with Gasteiger partial charge >= 0.3 is 5.97 Å². The van der Waals surface area contributed by atoms with Gasteiger partial charge in [0.25, 0.3) is 0 Å². The van der Waals surface area contributed by atoms with E-state index in [4.69, 9.17) is 4.74 Å². The zero-order chi connectivity index (χ0) is 11.0. The van der Waals surface area contributed by atoms with Crippen molar-refractivity contribution >= 4 is 5.97 Å². The molecule has 0 bridgehead atoms. The highest BCUT2D eigenvalue weighted by Crippen LogP contribution is 2.08. The van der Waals surface area contributed by atoms with Crippen molar-refractivity contribution in [2.24, 2.45) is 0 Å². The van der Waals surface area contributed by atoms with Gasteiger partial charge in [-0.15, -0.1) is 0 Å². The lowest BCUT2D eigenvalue weighted by atomic mass is 10.1. The molecule has 0 unspecified atom stereocenters. The third-order valence-electron chi connectivity index (χ3n) is 1.95. The van der Waals surface area contributed by atoms with Crippen molar-refractivity contribution in [2.75, 3.05) is 27.7 Å². The third kappa shape index (κ3) is 5.75. The maximum Gasteiger partial charge on any atom is 0.333 e. The van der Waals surface area contributed by atoms with Gasteiger partial charge in [-0.3, -0.25) is 0 Å². The van der Waals surface area contributed by atoms with Crippen LogP contribution in [0.4, 0.5) is 0 Å². The lowest BCUT2D eigenvalue weighted by Gasteiger charge is -2.09. The summed E-state index contributed by atoms with van der Waals surface area (Å²) in [5.74, 6) is -0.189. The second-order valence-corrected chi connectivity index (χ2v) is 3.54. The van der Waals surface area contributed by atoms with Crippen LogP contribution >= 0.6 is 0 Å². The minimum Gasteiger partial charge on any atom is -0.466 e. The summed E-state index contributed by atoms with van der Waals surface area (Å²) in [5.41, 5.74) is 0.803. The highest BCUT2D eigenvalue weighted by Gasteiger charge is 2.08. The Hall–Kier alpha value is -0.830. The number of esters is 1. The van der Waals surface area contributed by atoms with E-state index in [1.807, 2.05) is 27.1 Å². The Labute approximate surface area is 86.7 Å². The zero-order valence-electron chi connectivity index (χ0n) is 9.67. The van der Waals surface area contributed by atoms with E-state index in [0.717, 1.165) is 31.4 Å². The van der Waals surface area contributed by atoms with Gasteiger partial charge in [0.05, 0.1) is 7.11 Å². The first-order chi connectivity index (χ1) is 6.61. The summed E-state index contributed by atoms with van der Waals surface area (Å²) in [6, 6.07) is 0. The molecule has 0 aliphatic carbocycles. The van der Waals surface area contributed by atoms with Gasteiger partial charge in [-0.25, -0.2) is 4.79 Å². The zero-order valence-corrected chi connectivity index (χ0v) is 9.67. The average Bonchev–Trinajstić information content (AvgIpc) is 2.15. The summed E-state index contributed by atoms with van der Waals surface area (Å²) in [6.45, 7) is 3.02. The normalized spacial score (nSPS) is 11.9. The first-order valence-electron chi connectivity index (χ1n) is 5.03. The van der Waals surface area contributed by atoms with E-state index >= 15 is 0 Å². The van der Waals surface area contributed by atoms with Gasteiger partial charge in [-0.05, 0) is 39.9 Å². The predicted octanol–water partition coefficient (Wildman–Crippen LogP) is 1.84. The largest absolute Gasteiger partial charge is 0.466 e. The molecule has 0 spiro atoms. The fraction of sp³-hybridized carbons (Fsp3) is 0.727. The van der Waals surface area contributed by atoms with Gasteiger partial charge in [0.2, 0.25) is 0 Å². The molecule has 3 heteroatoms. The molecule has 0 amide bonds. The molecule has 0 rings (SSSR count). The molecule has 0 saturated heterocycles. The number of rotatable bonds is 6. The van der Waals surface area contributed by atoms with Gasteiger partial charge in [0.1, 0.15) is 0 Å². The second-order valence-electron chi connectivity index (χ2n) is 3.54. The van der Waals surface area contributed by atoms with Crippen LogP contribution in [0.2, 0.25) is 0 Å². The molecular weight excluding hydrogens is 178 g/mol. The minimum atomic E-state index is -0.189. The van der Waals surface area contributed by atoms with Crippen molar-refractivity contribution in [3.63, 3.8) is 0 Å². The van der Waals surface area contributed by atoms with Crippen LogP contribution in [0, 0.1) is 0 Å². The van der Waals surface area contributed by atoms with Crippen molar-refractivity contribution in [1.82, 2.24) is 4.90 Å². The minimum absolute atomic E-state index is 0.189. The second kappa shape index (κ2) is 7.56. The molecule has 0 aromatic heterocycles. The Balaban J connectivity index is 3.99. The van der Waals surface area contributed by atoms with Gasteiger partial charge in [0, 0.05) is 5.57 Å². The van der Waals surface area contributed by atoms with Crippen LogP contribution < -0.4 is 0 Å². The van der Waals surface area contributed by atoms with Gasteiger partial charge in [0.15, 0.2) is 0 Å². The lowest BCUT2D eigenvalue weighted by molar-refractivity contribution is -0.136. The summed E-state index contributed by atoms with van der Waals surface area (Å²) in [6.07, 6.45) is 4.63. The number of nitrogens with zero attached hydrogens (tertiary/aromatic N) is 1. The molecule has 0 aromatic rings. The SMILES string of the molecule is CC/C=C(\CCCN(C)C)C(=O)OC. The molecule has 14 heavy (non-hydrogen) atoms. The number of hydrogen-bond donors (Lipinski definition) is 0. The van der Waals surface area contributed by atoms with Gasteiger partial charge in [-0.1, -0.05) is 13.0 Å². The van der Waals surface area contributed by atoms with Crippen LogP contribution in [-0.2, 0) is 9.53 Å². The van der Waals surface area contributed by atoms with Crippen LogP contribution in [0.3, 0.4) is 0 Å². The highest BCUT2D eigenvalue weighted by molar-refractivity contribution is 5.88. The van der Waals surface area contributed by atoms with Crippen molar-refractivity contribution < 1.29 is 9.53 Å². The van der Waals surface area contributed by atoms with Crippen LogP contribution in [-0.4, -0.2) is 38.6 Å². The number of ether oxygens (including phenoxy) is 1. The Kier molecular flexibility index (Phi) is 7.11. The molecule has 82 valence electrons. The monoisotopic (exact) mass is 199 g/mol. The van der Waals surface area contributed by atoms with E-state index in [1.54, 1.807) is 0 Å². The maximum absolute atomic E-state index is 11.3. The Morgan fingerprint density at radius 2 is 2.07 bits per heavy atom. The molecular formula is C11H21NO2. The molecule has 3 nitrogen and oxygen atoms in total. The smallest absolute Gasteiger partial charge is 0.333 e. The van der Waals surface area contributed by atoms with Crippen LogP contribution in [0.1, 0.15) is 26.2 Å². The number of hydrogen-bond acceptors (Lipinski definition) is 3. The fourth-order valence-corrected chi connectivity index (χ4v) is 1.25. The van der Waals surface area contributed by atoms with Crippen molar-refractivity contribution in [2.45, 2.75) is 26.2 Å². The molecule has 0 N–H and O–H groups in total. The number of carbonyl (C=O) groups excluding carboxylic acids is 1. The molecule has 0 aliphatic heterocycles. The number of carbonyl (C=O) groups is 1. The van der Waals surface area contributed by atoms with Crippen molar-refractivity contribution in [1.29, 1.82) is 0 Å². The summed E-state index contributed by atoms with van der Waals surface area (Å²) < 4.78 is 4.70. The van der Waals surface area contributed by atoms with E-state index in [9.17, 15) is 4.79 Å². The molecule has 0 radical (unpaired) electrons. The Bertz CT molecular complexity index is 197. The van der Waals surface area contributed by atoms with E-state index in [1.165, 1.54) is 7.11 Å². The van der Waals surface area contributed by atoms with E-state index < -0.39 is 0 Å². The topological polar surface area (TPSA) is 29.5 Å². The quantitative estimate of drug-likeness (QED) is 0.483. The van der Waals surface area contributed by atoms with E-state index in [2.05, 4.69) is 4.90 Å². The van der Waals surface area contributed by atoms with Crippen LogP contribution in [0.25, 0.3) is 0 Å².